The van der Waals surface area contributed by atoms with E-state index in [0.29, 0.717) is 5.57 Å². The van der Waals surface area contributed by atoms with Gasteiger partial charge in [-0.05, 0) is 26.2 Å². The van der Waals surface area contributed by atoms with Crippen molar-refractivity contribution in [3.8, 4) is 12.1 Å². The molecule has 0 bridgehead atoms. The van der Waals surface area contributed by atoms with Crippen LogP contribution >= 0.6 is 0 Å². The molecule has 0 aromatic heterocycles. The average molecular weight is 189 g/mol. The molecular weight excluding hydrogens is 174 g/mol. The zero-order valence-electron chi connectivity index (χ0n) is 8.53. The predicted molar refractivity (Wildman–Crippen MR) is 53.9 cm³/mol. The molecule has 0 aliphatic carbocycles. The molecule has 0 amide bonds. The molecule has 0 spiro atoms. The molecule has 1 atom stereocenters. The molecule has 1 unspecified atom stereocenters. The zero-order chi connectivity index (χ0) is 10.4. The summed E-state index contributed by atoms with van der Waals surface area (Å²) in [6, 6.07) is 4.19. The quantitative estimate of drug-likeness (QED) is 0.624. The lowest BCUT2D eigenvalue weighted by molar-refractivity contribution is 0.307. The second-order valence-electron chi connectivity index (χ2n) is 3.64. The molecule has 0 aromatic carbocycles. The minimum absolute atomic E-state index is 0.290. The van der Waals surface area contributed by atoms with E-state index >= 15 is 0 Å². The largest absolute Gasteiger partial charge is 0.377 e. The van der Waals surface area contributed by atoms with E-state index < -0.39 is 0 Å². The Bertz CT molecular complexity index is 287. The van der Waals surface area contributed by atoms with Crippen molar-refractivity contribution in [3.05, 3.63) is 11.8 Å². The van der Waals surface area contributed by atoms with E-state index in [-0.39, 0.29) is 5.92 Å². The molecular formula is C11H15N3. The standard InChI is InChI=1S/C11H15N3/c1-10(7-12)11(8-13)9-14-5-3-2-4-6-14/h9-10H,2-6H2,1H3. The molecule has 1 rings (SSSR count). The van der Waals surface area contributed by atoms with Crippen molar-refractivity contribution in [1.29, 1.82) is 10.5 Å². The van der Waals surface area contributed by atoms with E-state index in [1.54, 1.807) is 6.92 Å². The first kappa shape index (κ1) is 10.6. The van der Waals surface area contributed by atoms with Crippen LogP contribution in [0.5, 0.6) is 0 Å². The normalized spacial score (nSPS) is 19.6. The highest BCUT2D eigenvalue weighted by molar-refractivity contribution is 5.27. The fourth-order valence-corrected chi connectivity index (χ4v) is 1.55. The SMILES string of the molecule is CC(C#N)C(C#N)=CN1CCCCC1. The van der Waals surface area contributed by atoms with Crippen molar-refractivity contribution in [2.75, 3.05) is 13.1 Å². The van der Waals surface area contributed by atoms with Crippen molar-refractivity contribution < 1.29 is 0 Å². The van der Waals surface area contributed by atoms with E-state index in [2.05, 4.69) is 17.0 Å². The smallest absolute Gasteiger partial charge is 0.0976 e. The minimum atomic E-state index is -0.290. The third-order valence-corrected chi connectivity index (χ3v) is 2.50. The van der Waals surface area contributed by atoms with E-state index in [4.69, 9.17) is 10.5 Å². The average Bonchev–Trinajstić information content (AvgIpc) is 2.26. The number of hydrogen-bond acceptors (Lipinski definition) is 3. The van der Waals surface area contributed by atoms with Crippen LogP contribution in [0.4, 0.5) is 0 Å². The number of allylic oxidation sites excluding steroid dienone is 1. The van der Waals surface area contributed by atoms with Gasteiger partial charge in [0.05, 0.1) is 23.6 Å². The number of rotatable bonds is 2. The van der Waals surface area contributed by atoms with Gasteiger partial charge in [-0.1, -0.05) is 0 Å². The molecule has 0 N–H and O–H groups in total. The summed E-state index contributed by atoms with van der Waals surface area (Å²) in [5.41, 5.74) is 0.578. The minimum Gasteiger partial charge on any atom is -0.377 e. The van der Waals surface area contributed by atoms with Crippen LogP contribution in [-0.2, 0) is 0 Å². The van der Waals surface area contributed by atoms with Crippen molar-refractivity contribution in [3.63, 3.8) is 0 Å². The second kappa shape index (κ2) is 5.29. The van der Waals surface area contributed by atoms with Crippen LogP contribution in [0.2, 0.25) is 0 Å². The maximum absolute atomic E-state index is 8.86. The van der Waals surface area contributed by atoms with Gasteiger partial charge in [-0.2, -0.15) is 10.5 Å². The van der Waals surface area contributed by atoms with Gasteiger partial charge in [0.15, 0.2) is 0 Å². The summed E-state index contributed by atoms with van der Waals surface area (Å²) < 4.78 is 0. The maximum atomic E-state index is 8.86. The molecule has 0 saturated carbocycles. The van der Waals surface area contributed by atoms with Crippen LogP contribution in [0, 0.1) is 28.6 Å². The van der Waals surface area contributed by atoms with Crippen LogP contribution in [0.25, 0.3) is 0 Å². The molecule has 1 saturated heterocycles. The Morgan fingerprint density at radius 1 is 1.29 bits per heavy atom. The summed E-state index contributed by atoms with van der Waals surface area (Å²) in [5, 5.41) is 17.6. The van der Waals surface area contributed by atoms with Gasteiger partial charge in [-0.25, -0.2) is 0 Å². The Labute approximate surface area is 85.2 Å². The lowest BCUT2D eigenvalue weighted by atomic mass is 10.0. The van der Waals surface area contributed by atoms with Gasteiger partial charge < -0.3 is 4.90 Å². The summed E-state index contributed by atoms with van der Waals surface area (Å²) >= 11 is 0. The molecule has 1 heterocycles. The van der Waals surface area contributed by atoms with E-state index in [1.165, 1.54) is 19.3 Å². The predicted octanol–water partition coefficient (Wildman–Crippen LogP) is 2.04. The van der Waals surface area contributed by atoms with Crippen molar-refractivity contribution in [2.45, 2.75) is 26.2 Å². The van der Waals surface area contributed by atoms with E-state index in [9.17, 15) is 0 Å². The summed E-state index contributed by atoms with van der Waals surface area (Å²) in [4.78, 5) is 2.15. The topological polar surface area (TPSA) is 50.8 Å². The number of nitrogens with zero attached hydrogens (tertiary/aromatic N) is 3. The van der Waals surface area contributed by atoms with E-state index in [0.717, 1.165) is 13.1 Å². The van der Waals surface area contributed by atoms with Gasteiger partial charge in [0.2, 0.25) is 0 Å². The first-order chi connectivity index (χ1) is 6.77. The Balaban J connectivity index is 2.64. The fourth-order valence-electron chi connectivity index (χ4n) is 1.55. The summed E-state index contributed by atoms with van der Waals surface area (Å²) in [5.74, 6) is -0.290. The Hall–Kier alpha value is -1.48. The fraction of sp³-hybridized carbons (Fsp3) is 0.636. The molecule has 1 aliphatic rings. The molecule has 3 nitrogen and oxygen atoms in total. The molecule has 1 fully saturated rings. The van der Waals surface area contributed by atoms with Crippen LogP contribution < -0.4 is 0 Å². The van der Waals surface area contributed by atoms with E-state index in [1.807, 2.05) is 6.20 Å². The Kier molecular flexibility index (Phi) is 4.01. The highest BCUT2D eigenvalue weighted by Crippen LogP contribution is 2.14. The van der Waals surface area contributed by atoms with Crippen LogP contribution in [0.1, 0.15) is 26.2 Å². The van der Waals surface area contributed by atoms with Gasteiger partial charge in [-0.15, -0.1) is 0 Å². The summed E-state index contributed by atoms with van der Waals surface area (Å²) in [6.07, 6.45) is 5.51. The summed E-state index contributed by atoms with van der Waals surface area (Å²) in [7, 11) is 0. The number of hydrogen-bond donors (Lipinski definition) is 0. The van der Waals surface area contributed by atoms with Crippen molar-refractivity contribution >= 4 is 0 Å². The first-order valence-corrected chi connectivity index (χ1v) is 5.03. The van der Waals surface area contributed by atoms with Crippen LogP contribution in [0.15, 0.2) is 11.8 Å². The molecule has 1 aliphatic heterocycles. The van der Waals surface area contributed by atoms with Crippen molar-refractivity contribution in [2.24, 2.45) is 5.92 Å². The molecule has 0 radical (unpaired) electrons. The number of likely N-dealkylation sites (tertiary alicyclic amines) is 1. The highest BCUT2D eigenvalue weighted by Gasteiger charge is 2.11. The van der Waals surface area contributed by atoms with Gasteiger partial charge >= 0.3 is 0 Å². The Morgan fingerprint density at radius 3 is 2.43 bits per heavy atom. The number of piperidine rings is 1. The first-order valence-electron chi connectivity index (χ1n) is 5.03. The van der Waals surface area contributed by atoms with Gasteiger partial charge in [0.25, 0.3) is 0 Å². The zero-order valence-corrected chi connectivity index (χ0v) is 8.53. The third-order valence-electron chi connectivity index (χ3n) is 2.50. The third kappa shape index (κ3) is 2.78. The summed E-state index contributed by atoms with van der Waals surface area (Å²) in [6.45, 7) is 3.80. The maximum Gasteiger partial charge on any atom is 0.0976 e. The van der Waals surface area contributed by atoms with Crippen molar-refractivity contribution in [1.82, 2.24) is 4.90 Å². The van der Waals surface area contributed by atoms with Gasteiger partial charge in [0.1, 0.15) is 0 Å². The van der Waals surface area contributed by atoms with Crippen LogP contribution in [-0.4, -0.2) is 18.0 Å². The lowest BCUT2D eigenvalue weighted by Gasteiger charge is -2.25. The molecule has 74 valence electrons. The monoisotopic (exact) mass is 189 g/mol. The highest BCUT2D eigenvalue weighted by atomic mass is 15.1. The van der Waals surface area contributed by atoms with Crippen LogP contribution in [0.3, 0.4) is 0 Å². The molecule has 3 heteroatoms. The lowest BCUT2D eigenvalue weighted by Crippen LogP contribution is -2.25. The van der Waals surface area contributed by atoms with Gasteiger partial charge in [-0.3, -0.25) is 0 Å². The second-order valence-corrected chi connectivity index (χ2v) is 3.64. The molecule has 14 heavy (non-hydrogen) atoms. The Morgan fingerprint density at radius 2 is 1.93 bits per heavy atom. The van der Waals surface area contributed by atoms with Gasteiger partial charge in [0, 0.05) is 19.3 Å². The number of nitriles is 2. The molecule has 0 aromatic rings.